The van der Waals surface area contributed by atoms with Crippen LogP contribution in [0.25, 0.3) is 76.6 Å². The van der Waals surface area contributed by atoms with Crippen molar-refractivity contribution in [3.05, 3.63) is 140 Å². The molecule has 0 aliphatic carbocycles. The molecule has 4 heteroatoms. The maximum absolute atomic E-state index is 11.1. The molecule has 6 aromatic carbocycles. The van der Waals surface area contributed by atoms with Crippen molar-refractivity contribution in [2.45, 2.75) is 0 Å². The highest BCUT2D eigenvalue weighted by Gasteiger charge is 2.21. The first kappa shape index (κ1) is 23.0. The maximum atomic E-state index is 11.1. The number of benzene rings is 6. The number of hydrogen-bond donors (Lipinski definition) is 1. The number of phenols is 1. The Kier molecular flexibility index (Phi) is 4.73. The number of aromatic nitrogens is 3. The van der Waals surface area contributed by atoms with Crippen LogP contribution >= 0.6 is 0 Å². The van der Waals surface area contributed by atoms with E-state index >= 15 is 0 Å². The molecule has 3 heterocycles. The molecule has 0 saturated heterocycles. The average molecular weight is 538 g/mol. The molecule has 0 spiro atoms. The molecule has 3 aromatic heterocycles. The monoisotopic (exact) mass is 537 g/mol. The molecule has 0 unspecified atom stereocenters. The van der Waals surface area contributed by atoms with Gasteiger partial charge in [0.25, 0.3) is 6.33 Å². The smallest absolute Gasteiger partial charge is 0.270 e. The lowest BCUT2D eigenvalue weighted by Crippen LogP contribution is -2.29. The van der Waals surface area contributed by atoms with E-state index in [2.05, 4.69) is 101 Å². The topological polar surface area (TPSA) is 41.4 Å². The number of pyridine rings is 1. The van der Waals surface area contributed by atoms with Crippen molar-refractivity contribution in [1.29, 1.82) is 0 Å². The van der Waals surface area contributed by atoms with E-state index in [1.165, 1.54) is 16.2 Å². The van der Waals surface area contributed by atoms with E-state index in [9.17, 15) is 5.11 Å². The zero-order chi connectivity index (χ0) is 27.8. The standard InChI is InChI=1S/C38H23N3O/c42-35-18-6-5-17-33(35)40-23-41-34-22-24(32-16-7-8-21-39-32)19-20-28(34)25-10-1-2-11-26(25)29-14-9-15-30-27-12-3-4-13-31(27)37(40)38(41)36(29)30/h1-22,42H. The van der Waals surface area contributed by atoms with Crippen LogP contribution in [0.15, 0.2) is 134 Å². The second-order valence-corrected chi connectivity index (χ2v) is 10.7. The van der Waals surface area contributed by atoms with Gasteiger partial charge in [-0.3, -0.25) is 14.0 Å². The summed E-state index contributed by atoms with van der Waals surface area (Å²) in [5, 5.41) is 20.3. The minimum absolute atomic E-state index is 0.205. The van der Waals surface area contributed by atoms with Gasteiger partial charge >= 0.3 is 0 Å². The third kappa shape index (κ3) is 3.12. The largest absolute Gasteiger partial charge is 0.511 e. The Bertz CT molecular complexity index is 2530. The predicted molar refractivity (Wildman–Crippen MR) is 170 cm³/mol. The molecule has 1 N–H and O–H groups in total. The molecule has 0 fully saturated rings. The van der Waals surface area contributed by atoms with Crippen molar-refractivity contribution in [3.8, 4) is 22.7 Å². The van der Waals surface area contributed by atoms with Gasteiger partial charge in [-0.1, -0.05) is 97.1 Å². The fourth-order valence-corrected chi connectivity index (χ4v) is 6.66. The summed E-state index contributed by atoms with van der Waals surface area (Å²) >= 11 is 0. The molecule has 42 heavy (non-hydrogen) atoms. The minimum atomic E-state index is 0.205. The number of phenolic OH excluding ortho intramolecular Hbond substituents is 1. The van der Waals surface area contributed by atoms with Crippen molar-refractivity contribution in [2.24, 2.45) is 0 Å². The summed E-state index contributed by atoms with van der Waals surface area (Å²) in [5.41, 5.74) is 5.69. The van der Waals surface area contributed by atoms with Gasteiger partial charge in [0.2, 0.25) is 0 Å². The maximum Gasteiger partial charge on any atom is 0.270 e. The van der Waals surface area contributed by atoms with Gasteiger partial charge < -0.3 is 5.11 Å². The molecular weight excluding hydrogens is 514 g/mol. The fourth-order valence-electron chi connectivity index (χ4n) is 6.66. The first-order chi connectivity index (χ1) is 20.8. The normalized spacial score (nSPS) is 11.9. The Labute approximate surface area is 241 Å². The average Bonchev–Trinajstić information content (AvgIpc) is 3.45. The second-order valence-electron chi connectivity index (χ2n) is 10.7. The molecule has 0 aliphatic heterocycles. The molecule has 0 aliphatic rings. The van der Waals surface area contributed by atoms with Crippen molar-refractivity contribution in [1.82, 2.24) is 9.38 Å². The van der Waals surface area contributed by atoms with Crippen LogP contribution in [0.5, 0.6) is 5.75 Å². The van der Waals surface area contributed by atoms with E-state index in [-0.39, 0.29) is 5.75 Å². The van der Waals surface area contributed by atoms with Crippen LogP contribution in [0.2, 0.25) is 0 Å². The number of imidazole rings is 1. The van der Waals surface area contributed by atoms with Gasteiger partial charge in [0.15, 0.2) is 0 Å². The van der Waals surface area contributed by atoms with Gasteiger partial charge in [-0.15, -0.1) is 0 Å². The van der Waals surface area contributed by atoms with E-state index < -0.39 is 0 Å². The lowest BCUT2D eigenvalue weighted by atomic mass is 9.94. The molecular formula is C38H23N3O. The number of fused-ring (bicyclic) bond motifs is 8. The van der Waals surface area contributed by atoms with Gasteiger partial charge in [-0.25, -0.2) is 0 Å². The Hall–Kier alpha value is -5.74. The van der Waals surface area contributed by atoms with E-state index in [0.717, 1.165) is 54.7 Å². The zero-order valence-corrected chi connectivity index (χ0v) is 22.5. The predicted octanol–water partition coefficient (Wildman–Crippen LogP) is 8.55. The van der Waals surface area contributed by atoms with Crippen LogP contribution in [0.1, 0.15) is 0 Å². The Morgan fingerprint density at radius 2 is 1.24 bits per heavy atom. The van der Waals surface area contributed by atoms with Crippen molar-refractivity contribution < 1.29 is 9.67 Å². The number of nitrogens with zero attached hydrogens (tertiary/aromatic N) is 3. The zero-order valence-electron chi connectivity index (χ0n) is 22.5. The Balaban J connectivity index is 1.65. The van der Waals surface area contributed by atoms with Gasteiger partial charge in [-0.05, 0) is 79.0 Å². The first-order valence-electron chi connectivity index (χ1n) is 14.0. The highest BCUT2D eigenvalue weighted by molar-refractivity contribution is 6.31. The fraction of sp³-hybridized carbons (Fsp3) is 0. The molecule has 0 atom stereocenters. The third-order valence-corrected chi connectivity index (χ3v) is 8.47. The van der Waals surface area contributed by atoms with E-state index in [1.807, 2.05) is 47.2 Å². The number of para-hydroxylation sites is 2. The summed E-state index contributed by atoms with van der Waals surface area (Å²) in [6, 6.07) is 43.8. The Morgan fingerprint density at radius 3 is 1.98 bits per heavy atom. The number of rotatable bonds is 2. The third-order valence-electron chi connectivity index (χ3n) is 8.47. The molecule has 196 valence electrons. The van der Waals surface area contributed by atoms with Crippen LogP contribution in [0, 0.1) is 6.33 Å². The SMILES string of the molecule is Oc1ccccc1-[n+]1[c-]n2c3cc(-c4ccccn4)ccc3c3ccccc3c3cccc4c5ccccc5c1c2c34. The quantitative estimate of drug-likeness (QED) is 0.136. The highest BCUT2D eigenvalue weighted by atomic mass is 16.3. The lowest BCUT2D eigenvalue weighted by Gasteiger charge is -2.15. The van der Waals surface area contributed by atoms with E-state index in [0.29, 0.717) is 5.69 Å². The number of hydrogen-bond acceptors (Lipinski definition) is 2. The van der Waals surface area contributed by atoms with Gasteiger partial charge in [0.05, 0.1) is 22.2 Å². The summed E-state index contributed by atoms with van der Waals surface area (Å²) in [6.07, 6.45) is 5.54. The van der Waals surface area contributed by atoms with Crippen molar-refractivity contribution in [2.75, 3.05) is 0 Å². The molecule has 0 radical (unpaired) electrons. The Morgan fingerprint density at radius 1 is 0.595 bits per heavy atom. The molecule has 9 aromatic rings. The lowest BCUT2D eigenvalue weighted by molar-refractivity contribution is -0.571. The molecule has 9 rings (SSSR count). The summed E-state index contributed by atoms with van der Waals surface area (Å²) in [7, 11) is 0. The molecule has 0 amide bonds. The molecule has 0 bridgehead atoms. The summed E-state index contributed by atoms with van der Waals surface area (Å²) in [4.78, 5) is 4.66. The van der Waals surface area contributed by atoms with Gasteiger partial charge in [0, 0.05) is 6.20 Å². The van der Waals surface area contributed by atoms with Crippen molar-refractivity contribution in [3.63, 3.8) is 0 Å². The summed E-state index contributed by atoms with van der Waals surface area (Å²) < 4.78 is 4.22. The van der Waals surface area contributed by atoms with E-state index in [4.69, 9.17) is 0 Å². The van der Waals surface area contributed by atoms with Crippen molar-refractivity contribution >= 4 is 59.6 Å². The summed E-state index contributed by atoms with van der Waals surface area (Å²) in [6.45, 7) is 0. The van der Waals surface area contributed by atoms with Crippen LogP contribution < -0.4 is 4.57 Å². The molecule has 4 nitrogen and oxygen atoms in total. The minimum Gasteiger partial charge on any atom is -0.511 e. The highest BCUT2D eigenvalue weighted by Crippen LogP contribution is 2.41. The van der Waals surface area contributed by atoms with Crippen LogP contribution in [-0.2, 0) is 0 Å². The van der Waals surface area contributed by atoms with Gasteiger partial charge in [0.1, 0.15) is 11.4 Å². The van der Waals surface area contributed by atoms with Crippen LogP contribution in [-0.4, -0.2) is 14.5 Å². The van der Waals surface area contributed by atoms with E-state index in [1.54, 1.807) is 6.07 Å². The van der Waals surface area contributed by atoms with Crippen LogP contribution in [0.3, 0.4) is 0 Å². The molecule has 0 saturated carbocycles. The summed E-state index contributed by atoms with van der Waals surface area (Å²) in [5.74, 6) is 0.205. The van der Waals surface area contributed by atoms with Gasteiger partial charge in [-0.2, -0.15) is 0 Å². The second kappa shape index (κ2) is 8.63. The first-order valence-corrected chi connectivity index (χ1v) is 14.0. The number of aromatic hydroxyl groups is 1. The van der Waals surface area contributed by atoms with Crippen LogP contribution in [0.4, 0.5) is 0 Å².